The number of aromatic nitrogens is 2. The number of nitrogens with two attached hydrogens (primary N) is 1. The zero-order valence-corrected chi connectivity index (χ0v) is 19.3. The molecule has 31 heavy (non-hydrogen) atoms. The van der Waals surface area contributed by atoms with Gasteiger partial charge in [0, 0.05) is 34.3 Å². The molecule has 1 aromatic heterocycles. The van der Waals surface area contributed by atoms with Crippen LogP contribution in [0.5, 0.6) is 0 Å². The maximum Gasteiger partial charge on any atom is 0.308 e. The molecule has 1 saturated carbocycles. The van der Waals surface area contributed by atoms with E-state index in [9.17, 15) is 4.79 Å². The van der Waals surface area contributed by atoms with Gasteiger partial charge < -0.3 is 15.4 Å². The van der Waals surface area contributed by atoms with Crippen molar-refractivity contribution < 1.29 is 9.90 Å². The highest BCUT2D eigenvalue weighted by molar-refractivity contribution is 6.36. The standard InChI is InChI=1S/C16H11Cl3N2.C7H13NO2/c1-21-9-20-15(10-2-4-11(17)5-3-10)16(21)13-7-6-12(18)8-14(13)19;8-6-4-2-1-3-5(6)7(9)10/h2-9H,1H3;5-6H,1-4,8H2,(H,9,10). The molecule has 2 aromatic carbocycles. The summed E-state index contributed by atoms with van der Waals surface area (Å²) in [5.74, 6) is -1.01. The maximum atomic E-state index is 10.5. The van der Waals surface area contributed by atoms with E-state index in [1.54, 1.807) is 12.4 Å². The van der Waals surface area contributed by atoms with E-state index in [0.29, 0.717) is 15.1 Å². The zero-order chi connectivity index (χ0) is 22.5. The SMILES string of the molecule is Cn1cnc(-c2ccc(Cl)cc2)c1-c1ccc(Cl)cc1Cl.NC1CCCCC1C(=O)O. The second-order valence-corrected chi connectivity index (χ2v) is 8.86. The van der Waals surface area contributed by atoms with Gasteiger partial charge in [0.2, 0.25) is 0 Å². The Hall–Kier alpha value is -2.05. The average Bonchev–Trinajstić information content (AvgIpc) is 3.10. The highest BCUT2D eigenvalue weighted by Crippen LogP contribution is 2.36. The molecule has 164 valence electrons. The van der Waals surface area contributed by atoms with Crippen molar-refractivity contribution >= 4 is 40.8 Å². The topological polar surface area (TPSA) is 81.1 Å². The van der Waals surface area contributed by atoms with Crippen LogP contribution in [-0.4, -0.2) is 26.7 Å². The second kappa shape index (κ2) is 10.5. The summed E-state index contributed by atoms with van der Waals surface area (Å²) in [5, 5.41) is 10.5. The summed E-state index contributed by atoms with van der Waals surface area (Å²) >= 11 is 18.2. The molecule has 0 spiro atoms. The van der Waals surface area contributed by atoms with Crippen molar-refractivity contribution in [2.75, 3.05) is 0 Å². The first-order chi connectivity index (χ1) is 14.8. The number of imidazole rings is 1. The Kier molecular flexibility index (Phi) is 8.00. The Morgan fingerprint density at radius 2 is 1.71 bits per heavy atom. The van der Waals surface area contributed by atoms with Gasteiger partial charge in [0.1, 0.15) is 0 Å². The van der Waals surface area contributed by atoms with Crippen molar-refractivity contribution in [1.82, 2.24) is 9.55 Å². The number of benzene rings is 2. The van der Waals surface area contributed by atoms with Crippen molar-refractivity contribution in [3.8, 4) is 22.5 Å². The fourth-order valence-corrected chi connectivity index (χ4v) is 4.34. The average molecular weight is 481 g/mol. The van der Waals surface area contributed by atoms with E-state index in [-0.39, 0.29) is 12.0 Å². The summed E-state index contributed by atoms with van der Waals surface area (Å²) in [6.07, 6.45) is 5.51. The molecule has 0 radical (unpaired) electrons. The molecule has 0 bridgehead atoms. The van der Waals surface area contributed by atoms with E-state index in [1.165, 1.54) is 0 Å². The van der Waals surface area contributed by atoms with Gasteiger partial charge in [0.15, 0.2) is 0 Å². The van der Waals surface area contributed by atoms with Crippen LogP contribution in [-0.2, 0) is 11.8 Å². The normalized spacial score (nSPS) is 18.2. The van der Waals surface area contributed by atoms with Gasteiger partial charge in [0.05, 0.1) is 28.7 Å². The number of aryl methyl sites for hydroxylation is 1. The summed E-state index contributed by atoms with van der Waals surface area (Å²) in [7, 11) is 1.94. The van der Waals surface area contributed by atoms with Crippen LogP contribution in [0.3, 0.4) is 0 Å². The van der Waals surface area contributed by atoms with Gasteiger partial charge in [0.25, 0.3) is 0 Å². The summed E-state index contributed by atoms with van der Waals surface area (Å²) in [6, 6.07) is 12.9. The molecular weight excluding hydrogens is 457 g/mol. The molecule has 1 heterocycles. The van der Waals surface area contributed by atoms with Gasteiger partial charge in [-0.15, -0.1) is 0 Å². The molecule has 0 amide bonds. The molecule has 5 nitrogen and oxygen atoms in total. The smallest absolute Gasteiger partial charge is 0.308 e. The van der Waals surface area contributed by atoms with Gasteiger partial charge >= 0.3 is 5.97 Å². The van der Waals surface area contributed by atoms with E-state index >= 15 is 0 Å². The summed E-state index contributed by atoms with van der Waals surface area (Å²) in [5.41, 5.74) is 9.28. The molecule has 2 unspecified atom stereocenters. The number of carboxylic acids is 1. The molecule has 1 aliphatic carbocycles. The first kappa shape index (κ1) is 23.6. The highest BCUT2D eigenvalue weighted by Gasteiger charge is 2.27. The van der Waals surface area contributed by atoms with Crippen LogP contribution in [0.25, 0.3) is 22.5 Å². The molecular formula is C23H24Cl3N3O2. The van der Waals surface area contributed by atoms with E-state index in [4.69, 9.17) is 45.6 Å². The molecule has 0 saturated heterocycles. The number of halogens is 3. The van der Waals surface area contributed by atoms with Gasteiger partial charge in [-0.1, -0.05) is 59.8 Å². The number of carboxylic acid groups (broad SMARTS) is 1. The Morgan fingerprint density at radius 1 is 1.06 bits per heavy atom. The minimum Gasteiger partial charge on any atom is -0.481 e. The van der Waals surface area contributed by atoms with E-state index in [1.807, 2.05) is 48.0 Å². The summed E-state index contributed by atoms with van der Waals surface area (Å²) in [6.45, 7) is 0. The van der Waals surface area contributed by atoms with Crippen LogP contribution in [0, 0.1) is 5.92 Å². The lowest BCUT2D eigenvalue weighted by molar-refractivity contribution is -0.143. The van der Waals surface area contributed by atoms with Crippen molar-refractivity contribution in [3.63, 3.8) is 0 Å². The molecule has 2 atom stereocenters. The lowest BCUT2D eigenvalue weighted by Crippen LogP contribution is -2.37. The molecule has 3 aromatic rings. The van der Waals surface area contributed by atoms with E-state index in [2.05, 4.69) is 4.98 Å². The van der Waals surface area contributed by atoms with E-state index in [0.717, 1.165) is 48.2 Å². The number of hydrogen-bond acceptors (Lipinski definition) is 3. The zero-order valence-electron chi connectivity index (χ0n) is 17.1. The predicted molar refractivity (Wildman–Crippen MR) is 127 cm³/mol. The number of hydrogen-bond donors (Lipinski definition) is 2. The molecule has 4 rings (SSSR count). The molecule has 1 fully saturated rings. The largest absolute Gasteiger partial charge is 0.481 e. The van der Waals surface area contributed by atoms with E-state index < -0.39 is 5.97 Å². The Bertz CT molecular complexity index is 1050. The third-order valence-corrected chi connectivity index (χ3v) is 6.18. The van der Waals surface area contributed by atoms with Crippen LogP contribution in [0.4, 0.5) is 0 Å². The minimum absolute atomic E-state index is 0.105. The summed E-state index contributed by atoms with van der Waals surface area (Å²) < 4.78 is 1.94. The predicted octanol–water partition coefficient (Wildman–Crippen LogP) is 6.30. The Labute approximate surface area is 196 Å². The quantitative estimate of drug-likeness (QED) is 0.461. The Morgan fingerprint density at radius 3 is 2.29 bits per heavy atom. The fourth-order valence-electron chi connectivity index (χ4n) is 3.71. The third kappa shape index (κ3) is 5.80. The van der Waals surface area contributed by atoms with Crippen molar-refractivity contribution in [3.05, 3.63) is 63.9 Å². The lowest BCUT2D eigenvalue weighted by atomic mass is 9.85. The van der Waals surface area contributed by atoms with Crippen molar-refractivity contribution in [2.45, 2.75) is 31.7 Å². The maximum absolute atomic E-state index is 10.5. The number of carbonyl (C=O) groups is 1. The number of nitrogens with zero attached hydrogens (tertiary/aromatic N) is 2. The summed E-state index contributed by atoms with van der Waals surface area (Å²) in [4.78, 5) is 15.0. The van der Waals surface area contributed by atoms with Gasteiger partial charge in [-0.2, -0.15) is 0 Å². The molecule has 0 aliphatic heterocycles. The first-order valence-corrected chi connectivity index (χ1v) is 11.1. The third-order valence-electron chi connectivity index (χ3n) is 5.38. The van der Waals surface area contributed by atoms with Crippen LogP contribution in [0.15, 0.2) is 48.8 Å². The van der Waals surface area contributed by atoms with Gasteiger partial charge in [-0.25, -0.2) is 4.98 Å². The Balaban J connectivity index is 0.000000229. The number of aliphatic carboxylic acids is 1. The lowest BCUT2D eigenvalue weighted by Gasteiger charge is -2.24. The van der Waals surface area contributed by atoms with Gasteiger partial charge in [-0.3, -0.25) is 4.79 Å². The molecule has 8 heteroatoms. The first-order valence-electron chi connectivity index (χ1n) is 9.99. The minimum atomic E-state index is -0.729. The molecule has 3 N–H and O–H groups in total. The second-order valence-electron chi connectivity index (χ2n) is 7.58. The monoisotopic (exact) mass is 479 g/mol. The van der Waals surface area contributed by atoms with Crippen molar-refractivity contribution in [1.29, 1.82) is 0 Å². The highest BCUT2D eigenvalue weighted by atomic mass is 35.5. The molecule has 1 aliphatic rings. The van der Waals surface area contributed by atoms with Crippen LogP contribution in [0.1, 0.15) is 25.7 Å². The van der Waals surface area contributed by atoms with Crippen molar-refractivity contribution in [2.24, 2.45) is 18.7 Å². The number of rotatable bonds is 3. The van der Waals surface area contributed by atoms with Crippen LogP contribution < -0.4 is 5.73 Å². The van der Waals surface area contributed by atoms with Crippen LogP contribution in [0.2, 0.25) is 15.1 Å². The fraction of sp³-hybridized carbons (Fsp3) is 0.304. The van der Waals surface area contributed by atoms with Crippen LogP contribution >= 0.6 is 34.8 Å². The van der Waals surface area contributed by atoms with Gasteiger partial charge in [-0.05, 0) is 43.2 Å².